The maximum atomic E-state index is 13.0. The van der Waals surface area contributed by atoms with Gasteiger partial charge >= 0.3 is 0 Å². The van der Waals surface area contributed by atoms with Crippen LogP contribution in [0.4, 0.5) is 0 Å². The van der Waals surface area contributed by atoms with E-state index in [1.807, 2.05) is 13.8 Å². The van der Waals surface area contributed by atoms with Crippen LogP contribution in [0.3, 0.4) is 0 Å². The van der Waals surface area contributed by atoms with Crippen molar-refractivity contribution >= 4 is 35.8 Å². The van der Waals surface area contributed by atoms with Crippen LogP contribution in [0, 0.1) is 5.92 Å². The second-order valence-electron chi connectivity index (χ2n) is 6.48. The van der Waals surface area contributed by atoms with Gasteiger partial charge in [-0.05, 0) is 57.7 Å². The fourth-order valence-electron chi connectivity index (χ4n) is 2.55. The molecule has 2 aromatic rings. The van der Waals surface area contributed by atoms with Crippen LogP contribution >= 0.6 is 15.9 Å². The molecular formula is C18H22BrNO5S2. The number of sulfonamides is 1. The van der Waals surface area contributed by atoms with Gasteiger partial charge in [-0.15, -0.1) is 0 Å². The van der Waals surface area contributed by atoms with Gasteiger partial charge in [-0.1, -0.05) is 26.0 Å². The predicted molar refractivity (Wildman–Crippen MR) is 108 cm³/mol. The van der Waals surface area contributed by atoms with Crippen molar-refractivity contribution in [1.29, 1.82) is 0 Å². The van der Waals surface area contributed by atoms with Gasteiger partial charge in [-0.25, -0.2) is 21.6 Å². The molecule has 0 fully saturated rings. The Morgan fingerprint density at radius 1 is 1.00 bits per heavy atom. The van der Waals surface area contributed by atoms with Crippen molar-refractivity contribution in [2.45, 2.75) is 29.7 Å². The molecule has 6 nitrogen and oxygen atoms in total. The predicted octanol–water partition coefficient (Wildman–Crippen LogP) is 3.54. The molecular weight excluding hydrogens is 454 g/mol. The second-order valence-corrected chi connectivity index (χ2v) is 11.0. The maximum absolute atomic E-state index is 13.0. The highest BCUT2D eigenvalue weighted by Gasteiger charge is 2.26. The Balaban J connectivity index is 2.45. The number of hydrogen-bond acceptors (Lipinski definition) is 5. The Kier molecular flexibility index (Phi) is 6.72. The zero-order valence-corrected chi connectivity index (χ0v) is 18.7. The van der Waals surface area contributed by atoms with E-state index in [1.54, 1.807) is 31.4 Å². The monoisotopic (exact) mass is 475 g/mol. The summed E-state index contributed by atoms with van der Waals surface area (Å²) >= 11 is 3.20. The first kappa shape index (κ1) is 21.9. The average molecular weight is 476 g/mol. The van der Waals surface area contributed by atoms with E-state index >= 15 is 0 Å². The number of methoxy groups -OCH3 is 1. The molecule has 9 heteroatoms. The third kappa shape index (κ3) is 5.31. The summed E-state index contributed by atoms with van der Waals surface area (Å²) in [5.41, 5.74) is 0.782. The van der Waals surface area contributed by atoms with Crippen molar-refractivity contribution in [2.24, 2.45) is 5.92 Å². The Hall–Kier alpha value is -1.42. The van der Waals surface area contributed by atoms with E-state index in [0.29, 0.717) is 10.2 Å². The van der Waals surface area contributed by atoms with Crippen LogP contribution in [-0.2, 0) is 19.9 Å². The molecule has 2 aromatic carbocycles. The Morgan fingerprint density at radius 2 is 1.59 bits per heavy atom. The quantitative estimate of drug-likeness (QED) is 0.661. The lowest BCUT2D eigenvalue weighted by Gasteiger charge is -2.23. The van der Waals surface area contributed by atoms with Crippen molar-refractivity contribution in [1.82, 2.24) is 4.72 Å². The Bertz CT molecular complexity index is 1020. The molecule has 1 unspecified atom stereocenters. The van der Waals surface area contributed by atoms with E-state index in [4.69, 9.17) is 4.74 Å². The van der Waals surface area contributed by atoms with E-state index in [0.717, 1.165) is 17.9 Å². The Labute approximate surface area is 169 Å². The molecule has 1 atom stereocenters. The van der Waals surface area contributed by atoms with Gasteiger partial charge in [-0.3, -0.25) is 0 Å². The Morgan fingerprint density at radius 3 is 2.07 bits per heavy atom. The van der Waals surface area contributed by atoms with Gasteiger partial charge in [0.05, 0.1) is 16.9 Å². The summed E-state index contributed by atoms with van der Waals surface area (Å²) in [6.07, 6.45) is 1.04. The number of nitrogens with one attached hydrogen (secondary N) is 1. The van der Waals surface area contributed by atoms with Crippen LogP contribution in [0.5, 0.6) is 5.75 Å². The molecule has 148 valence electrons. The number of hydrogen-bond donors (Lipinski definition) is 1. The molecule has 1 N–H and O–H groups in total. The highest BCUT2D eigenvalue weighted by molar-refractivity contribution is 9.10. The normalized spacial score (nSPS) is 13.6. The van der Waals surface area contributed by atoms with Gasteiger partial charge in [-0.2, -0.15) is 0 Å². The summed E-state index contributed by atoms with van der Waals surface area (Å²) in [4.78, 5) is -0.179. The minimum absolute atomic E-state index is 0.0370. The highest BCUT2D eigenvalue weighted by Crippen LogP contribution is 2.29. The van der Waals surface area contributed by atoms with Gasteiger partial charge in [0, 0.05) is 16.8 Å². The molecule has 0 spiro atoms. The first-order chi connectivity index (χ1) is 12.5. The summed E-state index contributed by atoms with van der Waals surface area (Å²) in [6, 6.07) is 10.6. The van der Waals surface area contributed by atoms with Crippen molar-refractivity contribution in [2.75, 3.05) is 13.4 Å². The smallest absolute Gasteiger partial charge is 0.242 e. The number of sulfone groups is 1. The largest absolute Gasteiger partial charge is 0.497 e. The standard InChI is InChI=1S/C18H22BrNO5S2/c1-12(2)18(13-5-7-14(25-3)8-6-13)20-27(23,24)17-11-15(26(4,21)22)9-10-16(17)19/h5-12,18,20H,1-4H3. The number of halogens is 1. The average Bonchev–Trinajstić information content (AvgIpc) is 2.59. The van der Waals surface area contributed by atoms with Crippen LogP contribution < -0.4 is 9.46 Å². The molecule has 0 aromatic heterocycles. The van der Waals surface area contributed by atoms with E-state index in [9.17, 15) is 16.8 Å². The molecule has 0 amide bonds. The molecule has 0 aliphatic rings. The molecule has 0 aliphatic carbocycles. The van der Waals surface area contributed by atoms with Crippen LogP contribution in [0.2, 0.25) is 0 Å². The second kappa shape index (κ2) is 8.30. The minimum Gasteiger partial charge on any atom is -0.497 e. The van der Waals surface area contributed by atoms with E-state index in [-0.39, 0.29) is 15.7 Å². The lowest BCUT2D eigenvalue weighted by Crippen LogP contribution is -2.32. The first-order valence-electron chi connectivity index (χ1n) is 8.11. The fraction of sp³-hybridized carbons (Fsp3) is 0.333. The van der Waals surface area contributed by atoms with Crippen LogP contribution in [-0.4, -0.2) is 30.2 Å². The zero-order valence-electron chi connectivity index (χ0n) is 15.4. The van der Waals surface area contributed by atoms with Crippen LogP contribution in [0.1, 0.15) is 25.5 Å². The number of ether oxygens (including phenoxy) is 1. The highest BCUT2D eigenvalue weighted by atomic mass is 79.9. The number of benzene rings is 2. The molecule has 0 saturated heterocycles. The topological polar surface area (TPSA) is 89.5 Å². The third-order valence-electron chi connectivity index (χ3n) is 4.04. The van der Waals surface area contributed by atoms with E-state index < -0.39 is 25.9 Å². The van der Waals surface area contributed by atoms with E-state index in [1.165, 1.54) is 12.1 Å². The molecule has 27 heavy (non-hydrogen) atoms. The third-order valence-corrected chi connectivity index (χ3v) is 7.59. The van der Waals surface area contributed by atoms with Gasteiger partial charge in [0.25, 0.3) is 0 Å². The summed E-state index contributed by atoms with van der Waals surface area (Å²) < 4.78 is 57.7. The van der Waals surface area contributed by atoms with Gasteiger partial charge in [0.1, 0.15) is 5.75 Å². The summed E-state index contributed by atoms with van der Waals surface area (Å²) in [6.45, 7) is 3.80. The lowest BCUT2D eigenvalue weighted by atomic mass is 9.97. The molecule has 2 rings (SSSR count). The van der Waals surface area contributed by atoms with Crippen LogP contribution in [0.25, 0.3) is 0 Å². The molecule has 0 aliphatic heterocycles. The van der Waals surface area contributed by atoms with Crippen molar-refractivity contribution in [3.8, 4) is 5.75 Å². The van der Waals surface area contributed by atoms with Gasteiger partial charge in [0.15, 0.2) is 9.84 Å². The van der Waals surface area contributed by atoms with Gasteiger partial charge in [0.2, 0.25) is 10.0 Å². The SMILES string of the molecule is COc1ccc(C(NS(=O)(=O)c2cc(S(C)(=O)=O)ccc2Br)C(C)C)cc1. The summed E-state index contributed by atoms with van der Waals surface area (Å²) in [5, 5.41) is 0. The molecule has 0 bridgehead atoms. The van der Waals surface area contributed by atoms with E-state index in [2.05, 4.69) is 20.7 Å². The van der Waals surface area contributed by atoms with Crippen molar-refractivity contribution < 1.29 is 21.6 Å². The molecule has 0 saturated carbocycles. The first-order valence-corrected chi connectivity index (χ1v) is 12.3. The van der Waals surface area contributed by atoms with Gasteiger partial charge < -0.3 is 4.74 Å². The number of rotatable bonds is 7. The van der Waals surface area contributed by atoms with Crippen molar-refractivity contribution in [3.05, 3.63) is 52.5 Å². The fourth-order valence-corrected chi connectivity index (χ4v) is 5.64. The minimum atomic E-state index is -3.97. The summed E-state index contributed by atoms with van der Waals surface area (Å²) in [7, 11) is -5.95. The van der Waals surface area contributed by atoms with Crippen LogP contribution in [0.15, 0.2) is 56.7 Å². The lowest BCUT2D eigenvalue weighted by molar-refractivity contribution is 0.413. The molecule has 0 radical (unpaired) electrons. The maximum Gasteiger partial charge on any atom is 0.242 e. The van der Waals surface area contributed by atoms with Crippen molar-refractivity contribution in [3.63, 3.8) is 0 Å². The summed E-state index contributed by atoms with van der Waals surface area (Å²) in [5.74, 6) is 0.637. The molecule has 0 heterocycles. The zero-order chi connectivity index (χ0) is 20.4.